The van der Waals surface area contributed by atoms with Crippen molar-refractivity contribution in [3.8, 4) is 5.75 Å². The number of nitrogens with zero attached hydrogens (tertiary/aromatic N) is 1. The lowest BCUT2D eigenvalue weighted by atomic mass is 10.1. The van der Waals surface area contributed by atoms with Crippen molar-refractivity contribution in [2.45, 2.75) is 34.2 Å². The van der Waals surface area contributed by atoms with Gasteiger partial charge in [0.25, 0.3) is 0 Å². The molecule has 0 fully saturated rings. The summed E-state index contributed by atoms with van der Waals surface area (Å²) in [5, 5.41) is 9.15. The Balaban J connectivity index is 2.66. The van der Waals surface area contributed by atoms with Crippen molar-refractivity contribution >= 4 is 11.9 Å². The van der Waals surface area contributed by atoms with Gasteiger partial charge in [-0.25, -0.2) is 4.99 Å². The summed E-state index contributed by atoms with van der Waals surface area (Å²) in [5.74, 6) is 1.50. The average molecular weight is 364 g/mol. The molecule has 0 radical (unpaired) electrons. The number of aryl methyl sites for hydroxylation is 1. The van der Waals surface area contributed by atoms with Crippen LogP contribution in [0.1, 0.15) is 31.9 Å². The van der Waals surface area contributed by atoms with Crippen molar-refractivity contribution in [1.82, 2.24) is 16.0 Å². The minimum Gasteiger partial charge on any atom is -0.491 e. The number of ether oxygens (including phenoxy) is 2. The van der Waals surface area contributed by atoms with E-state index in [9.17, 15) is 4.79 Å². The van der Waals surface area contributed by atoms with E-state index in [0.29, 0.717) is 45.4 Å². The summed E-state index contributed by atoms with van der Waals surface area (Å²) >= 11 is 0. The summed E-state index contributed by atoms with van der Waals surface area (Å²) in [7, 11) is 0. The second-order valence-corrected chi connectivity index (χ2v) is 5.76. The molecule has 0 saturated heterocycles. The third-order valence-corrected chi connectivity index (χ3v) is 3.46. The van der Waals surface area contributed by atoms with Crippen molar-refractivity contribution in [2.24, 2.45) is 4.99 Å². The predicted octanol–water partition coefficient (Wildman–Crippen LogP) is 1.60. The van der Waals surface area contributed by atoms with Crippen LogP contribution in [-0.4, -0.2) is 51.3 Å². The Hall–Kier alpha value is -2.28. The number of benzene rings is 1. The monoisotopic (exact) mass is 364 g/mol. The van der Waals surface area contributed by atoms with Gasteiger partial charge in [0.2, 0.25) is 5.91 Å². The maximum Gasteiger partial charge on any atom is 0.216 e. The fraction of sp³-hybridized carbons (Fsp3) is 0.579. The van der Waals surface area contributed by atoms with Gasteiger partial charge in [0.1, 0.15) is 12.4 Å². The van der Waals surface area contributed by atoms with Gasteiger partial charge in [-0.15, -0.1) is 0 Å². The van der Waals surface area contributed by atoms with E-state index in [2.05, 4.69) is 27.0 Å². The summed E-state index contributed by atoms with van der Waals surface area (Å²) in [5.41, 5.74) is 2.16. The van der Waals surface area contributed by atoms with E-state index in [1.807, 2.05) is 32.9 Å². The normalized spacial score (nSPS) is 11.2. The average Bonchev–Trinajstić information content (AvgIpc) is 2.61. The van der Waals surface area contributed by atoms with E-state index in [-0.39, 0.29) is 5.91 Å². The van der Waals surface area contributed by atoms with Gasteiger partial charge in [0.15, 0.2) is 5.96 Å². The Kier molecular flexibility index (Phi) is 10.9. The molecule has 26 heavy (non-hydrogen) atoms. The predicted molar refractivity (Wildman–Crippen MR) is 105 cm³/mol. The van der Waals surface area contributed by atoms with E-state index in [1.54, 1.807) is 0 Å². The van der Waals surface area contributed by atoms with E-state index < -0.39 is 0 Å². The Bertz CT molecular complexity index is 576. The van der Waals surface area contributed by atoms with Crippen LogP contribution in [0.25, 0.3) is 0 Å². The molecule has 1 aromatic carbocycles. The number of amides is 1. The highest BCUT2D eigenvalue weighted by Gasteiger charge is 2.05. The van der Waals surface area contributed by atoms with Crippen LogP contribution in [-0.2, 0) is 16.1 Å². The molecule has 1 rings (SSSR count). The lowest BCUT2D eigenvalue weighted by Gasteiger charge is -2.14. The number of guanidine groups is 1. The van der Waals surface area contributed by atoms with E-state index in [1.165, 1.54) is 6.92 Å². The van der Waals surface area contributed by atoms with Crippen LogP contribution in [0.4, 0.5) is 0 Å². The Morgan fingerprint density at radius 1 is 1.12 bits per heavy atom. The number of nitrogens with one attached hydrogen (secondary N) is 3. The summed E-state index contributed by atoms with van der Waals surface area (Å²) in [6.45, 7) is 11.7. The highest BCUT2D eigenvalue weighted by Crippen LogP contribution is 2.21. The second-order valence-electron chi connectivity index (χ2n) is 5.76. The zero-order valence-electron chi connectivity index (χ0n) is 16.4. The summed E-state index contributed by atoms with van der Waals surface area (Å²) in [4.78, 5) is 15.5. The van der Waals surface area contributed by atoms with Crippen LogP contribution in [0.3, 0.4) is 0 Å². The minimum atomic E-state index is -0.0396. The molecule has 0 unspecified atom stereocenters. The maximum absolute atomic E-state index is 10.9. The highest BCUT2D eigenvalue weighted by molar-refractivity contribution is 5.80. The first-order valence-electron chi connectivity index (χ1n) is 9.13. The molecular weight excluding hydrogens is 332 g/mol. The molecule has 0 aliphatic rings. The van der Waals surface area contributed by atoms with Gasteiger partial charge in [-0.05, 0) is 32.4 Å². The van der Waals surface area contributed by atoms with Crippen LogP contribution in [0, 0.1) is 6.92 Å². The standard InChI is InChI=1S/C19H32N4O3/c1-5-20-19(22-10-9-21-16(4)24)23-14-17-8-7-15(3)13-18(17)26-12-11-25-6-2/h7-8,13H,5-6,9-12,14H2,1-4H3,(H,21,24)(H2,20,22,23). The quantitative estimate of drug-likeness (QED) is 0.316. The molecule has 1 amide bonds. The van der Waals surface area contributed by atoms with Crippen molar-refractivity contribution in [3.05, 3.63) is 29.3 Å². The zero-order valence-corrected chi connectivity index (χ0v) is 16.4. The van der Waals surface area contributed by atoms with Crippen LogP contribution in [0.5, 0.6) is 5.75 Å². The number of aliphatic imine (C=N–C) groups is 1. The number of carbonyl (C=O) groups is 1. The molecule has 0 saturated carbocycles. The molecule has 0 heterocycles. The molecule has 0 atom stereocenters. The fourth-order valence-corrected chi connectivity index (χ4v) is 2.21. The smallest absolute Gasteiger partial charge is 0.216 e. The molecule has 0 bridgehead atoms. The summed E-state index contributed by atoms with van der Waals surface area (Å²) in [6.07, 6.45) is 0. The Labute approximate surface area is 156 Å². The number of rotatable bonds is 11. The second kappa shape index (κ2) is 13.0. The first kappa shape index (κ1) is 21.8. The Morgan fingerprint density at radius 3 is 2.58 bits per heavy atom. The summed E-state index contributed by atoms with van der Waals surface area (Å²) in [6, 6.07) is 6.11. The van der Waals surface area contributed by atoms with Crippen LogP contribution < -0.4 is 20.7 Å². The third-order valence-electron chi connectivity index (χ3n) is 3.46. The molecule has 0 aliphatic carbocycles. The van der Waals surface area contributed by atoms with Crippen LogP contribution >= 0.6 is 0 Å². The molecule has 0 aliphatic heterocycles. The lowest BCUT2D eigenvalue weighted by molar-refractivity contribution is -0.118. The van der Waals surface area contributed by atoms with Gasteiger partial charge in [0.05, 0.1) is 13.2 Å². The molecule has 3 N–H and O–H groups in total. The lowest BCUT2D eigenvalue weighted by Crippen LogP contribution is -2.41. The molecule has 7 heteroatoms. The van der Waals surface area contributed by atoms with Gasteiger partial charge < -0.3 is 25.4 Å². The van der Waals surface area contributed by atoms with E-state index in [4.69, 9.17) is 9.47 Å². The molecule has 0 aromatic heterocycles. The van der Waals surface area contributed by atoms with Crippen molar-refractivity contribution < 1.29 is 14.3 Å². The topological polar surface area (TPSA) is 84.0 Å². The SMILES string of the molecule is CCNC(=NCc1ccc(C)cc1OCCOCC)NCCNC(C)=O. The van der Waals surface area contributed by atoms with Gasteiger partial charge in [-0.2, -0.15) is 0 Å². The van der Waals surface area contributed by atoms with Crippen LogP contribution in [0.15, 0.2) is 23.2 Å². The number of hydrogen-bond donors (Lipinski definition) is 3. The first-order chi connectivity index (χ1) is 12.6. The minimum absolute atomic E-state index is 0.0396. The van der Waals surface area contributed by atoms with Crippen molar-refractivity contribution in [3.63, 3.8) is 0 Å². The largest absolute Gasteiger partial charge is 0.491 e. The van der Waals surface area contributed by atoms with Crippen molar-refractivity contribution in [2.75, 3.05) is 39.5 Å². The number of carbonyl (C=O) groups excluding carboxylic acids is 1. The molecule has 146 valence electrons. The Morgan fingerprint density at radius 2 is 1.88 bits per heavy atom. The molecule has 1 aromatic rings. The zero-order chi connectivity index (χ0) is 19.2. The van der Waals surface area contributed by atoms with Gasteiger partial charge in [-0.1, -0.05) is 12.1 Å². The van der Waals surface area contributed by atoms with Gasteiger partial charge in [0, 0.05) is 38.7 Å². The number of hydrogen-bond acceptors (Lipinski definition) is 4. The molecule has 7 nitrogen and oxygen atoms in total. The first-order valence-corrected chi connectivity index (χ1v) is 9.13. The summed E-state index contributed by atoms with van der Waals surface area (Å²) < 4.78 is 11.2. The molecular formula is C19H32N4O3. The third kappa shape index (κ3) is 9.27. The maximum atomic E-state index is 10.9. The fourth-order valence-electron chi connectivity index (χ4n) is 2.21. The van der Waals surface area contributed by atoms with E-state index >= 15 is 0 Å². The highest BCUT2D eigenvalue weighted by atomic mass is 16.5. The van der Waals surface area contributed by atoms with E-state index in [0.717, 1.165) is 23.4 Å². The van der Waals surface area contributed by atoms with Crippen LogP contribution in [0.2, 0.25) is 0 Å². The van der Waals surface area contributed by atoms with Gasteiger partial charge in [-0.3, -0.25) is 4.79 Å². The van der Waals surface area contributed by atoms with Crippen molar-refractivity contribution in [1.29, 1.82) is 0 Å². The molecule has 0 spiro atoms. The van der Waals surface area contributed by atoms with Gasteiger partial charge >= 0.3 is 0 Å².